The molecule has 2 aromatic carbocycles. The van der Waals surface area contributed by atoms with E-state index in [-0.39, 0.29) is 33.1 Å². The van der Waals surface area contributed by atoms with Crippen LogP contribution in [0.5, 0.6) is 11.5 Å². The first-order valence-corrected chi connectivity index (χ1v) is 13.6. The molecule has 4 rings (SSSR count). The lowest BCUT2D eigenvalue weighted by Gasteiger charge is -2.41. The van der Waals surface area contributed by atoms with Crippen molar-refractivity contribution in [2.45, 2.75) is 45.9 Å². The summed E-state index contributed by atoms with van der Waals surface area (Å²) >= 11 is 9.56. The summed E-state index contributed by atoms with van der Waals surface area (Å²) in [6.07, 6.45) is -0.365. The van der Waals surface area contributed by atoms with Gasteiger partial charge in [-0.15, -0.1) is 0 Å². The van der Waals surface area contributed by atoms with E-state index in [9.17, 15) is 4.79 Å². The highest BCUT2D eigenvalue weighted by Crippen LogP contribution is 2.37. The van der Waals surface area contributed by atoms with Gasteiger partial charge in [0.05, 0.1) is 23.7 Å². The van der Waals surface area contributed by atoms with Crippen molar-refractivity contribution in [1.29, 1.82) is 0 Å². The zero-order valence-corrected chi connectivity index (χ0v) is 25.1. The van der Waals surface area contributed by atoms with E-state index in [2.05, 4.69) is 26.2 Å². The van der Waals surface area contributed by atoms with Crippen molar-refractivity contribution in [2.24, 2.45) is 0 Å². The van der Waals surface area contributed by atoms with E-state index in [1.165, 1.54) is 0 Å². The number of hydrogen-bond acceptors (Lipinski definition) is 8. The first kappa shape index (κ1) is 28.9. The molecule has 1 atom stereocenters. The second kappa shape index (κ2) is 11.6. The second-order valence-corrected chi connectivity index (χ2v) is 11.5. The Balaban J connectivity index is 1.67. The molecule has 0 bridgehead atoms. The molecule has 0 aliphatic carbocycles. The SMILES string of the molecule is COc1ccc(CNc2nc(N3CCN(C(=O)OC(C)(C)C)CC3C)c3cc(Cl)c(Br)c(F)c3n2)c(OC)c1. The summed E-state index contributed by atoms with van der Waals surface area (Å²) in [6, 6.07) is 7.01. The molecule has 1 unspecified atom stereocenters. The number of benzene rings is 2. The van der Waals surface area contributed by atoms with Crippen molar-refractivity contribution >= 4 is 56.3 Å². The minimum atomic E-state index is -0.588. The summed E-state index contributed by atoms with van der Waals surface area (Å²) in [4.78, 5) is 25.6. The van der Waals surface area contributed by atoms with Crippen LogP contribution in [0.15, 0.2) is 28.7 Å². The fourth-order valence-electron chi connectivity index (χ4n) is 4.39. The normalized spacial score (nSPS) is 15.9. The summed E-state index contributed by atoms with van der Waals surface area (Å²) in [5.74, 6) is 1.49. The number of nitrogens with zero attached hydrogens (tertiary/aromatic N) is 4. The minimum absolute atomic E-state index is 0.127. The molecular formula is C27H32BrClFN5O4. The van der Waals surface area contributed by atoms with Crippen LogP contribution in [0, 0.1) is 5.82 Å². The van der Waals surface area contributed by atoms with Crippen LogP contribution < -0.4 is 19.7 Å². The van der Waals surface area contributed by atoms with Crippen LogP contribution in [-0.2, 0) is 11.3 Å². The van der Waals surface area contributed by atoms with Crippen molar-refractivity contribution in [3.8, 4) is 11.5 Å². The van der Waals surface area contributed by atoms with Crippen molar-refractivity contribution in [3.05, 3.63) is 45.1 Å². The molecule has 210 valence electrons. The van der Waals surface area contributed by atoms with Gasteiger partial charge in [-0.2, -0.15) is 4.98 Å². The van der Waals surface area contributed by atoms with Crippen LogP contribution in [0.25, 0.3) is 10.9 Å². The number of piperazine rings is 1. The standard InChI is InChI=1S/C27H32BrClFN5O4/c1-15-14-34(26(36)39-27(2,3)4)9-10-35(15)24-18-12-19(29)21(28)22(30)23(18)32-25(33-24)31-13-16-7-8-17(37-5)11-20(16)38-6/h7-8,11-12,15H,9-10,13-14H2,1-6H3,(H,31,32,33). The molecule has 39 heavy (non-hydrogen) atoms. The van der Waals surface area contributed by atoms with Gasteiger partial charge in [-0.25, -0.2) is 14.2 Å². The Morgan fingerprint density at radius 2 is 1.95 bits per heavy atom. The van der Waals surface area contributed by atoms with Gasteiger partial charge in [-0.1, -0.05) is 11.6 Å². The highest BCUT2D eigenvalue weighted by atomic mass is 79.9. The van der Waals surface area contributed by atoms with E-state index in [1.54, 1.807) is 31.3 Å². The molecule has 12 heteroatoms. The number of aromatic nitrogens is 2. The Kier molecular flexibility index (Phi) is 8.60. The Bertz CT molecular complexity index is 1390. The maximum atomic E-state index is 15.4. The average Bonchev–Trinajstić information content (AvgIpc) is 2.89. The van der Waals surface area contributed by atoms with Gasteiger partial charge in [0.15, 0.2) is 5.82 Å². The number of hydrogen-bond donors (Lipinski definition) is 1. The number of rotatable bonds is 6. The molecule has 1 aromatic heterocycles. The lowest BCUT2D eigenvalue weighted by atomic mass is 10.1. The second-order valence-electron chi connectivity index (χ2n) is 10.3. The summed E-state index contributed by atoms with van der Waals surface area (Å²) in [5, 5.41) is 3.90. The van der Waals surface area contributed by atoms with Gasteiger partial charge in [0.2, 0.25) is 5.95 Å². The van der Waals surface area contributed by atoms with Crippen molar-refractivity contribution in [2.75, 3.05) is 44.1 Å². The maximum absolute atomic E-state index is 15.4. The van der Waals surface area contributed by atoms with Gasteiger partial charge in [-0.3, -0.25) is 0 Å². The number of nitrogens with one attached hydrogen (secondary N) is 1. The van der Waals surface area contributed by atoms with Crippen LogP contribution in [0.3, 0.4) is 0 Å². The average molecular weight is 625 g/mol. The van der Waals surface area contributed by atoms with Gasteiger partial charge in [0, 0.05) is 49.2 Å². The van der Waals surface area contributed by atoms with Crippen LogP contribution in [0.2, 0.25) is 5.02 Å². The summed E-state index contributed by atoms with van der Waals surface area (Å²) < 4.78 is 31.9. The van der Waals surface area contributed by atoms with E-state index in [0.717, 1.165) is 5.56 Å². The molecule has 3 aromatic rings. The van der Waals surface area contributed by atoms with Crippen LogP contribution >= 0.6 is 27.5 Å². The zero-order chi connectivity index (χ0) is 28.5. The monoisotopic (exact) mass is 623 g/mol. The van der Waals surface area contributed by atoms with Gasteiger partial charge in [0.1, 0.15) is 28.4 Å². The fraction of sp³-hybridized carbons (Fsp3) is 0.444. The Hall–Kier alpha value is -3.05. The molecule has 0 spiro atoms. The largest absolute Gasteiger partial charge is 0.497 e. The smallest absolute Gasteiger partial charge is 0.410 e. The van der Waals surface area contributed by atoms with Crippen molar-refractivity contribution in [3.63, 3.8) is 0 Å². The third-order valence-electron chi connectivity index (χ3n) is 6.29. The molecule has 1 aliphatic rings. The first-order valence-electron chi connectivity index (χ1n) is 12.5. The van der Waals surface area contributed by atoms with E-state index < -0.39 is 11.4 Å². The number of carbonyl (C=O) groups is 1. The Labute approximate surface area is 240 Å². The number of amides is 1. The van der Waals surface area contributed by atoms with Crippen LogP contribution in [-0.4, -0.2) is 66.5 Å². The molecule has 1 aliphatic heterocycles. The number of fused-ring (bicyclic) bond motifs is 1. The van der Waals surface area contributed by atoms with Gasteiger partial charge < -0.3 is 29.3 Å². The predicted molar refractivity (Wildman–Crippen MR) is 154 cm³/mol. The third kappa shape index (κ3) is 6.41. The number of methoxy groups -OCH3 is 2. The van der Waals surface area contributed by atoms with Crippen molar-refractivity contribution < 1.29 is 23.4 Å². The molecule has 0 radical (unpaired) electrons. The lowest BCUT2D eigenvalue weighted by Crippen LogP contribution is -2.55. The van der Waals surface area contributed by atoms with E-state index in [1.807, 2.05) is 44.7 Å². The maximum Gasteiger partial charge on any atom is 0.410 e. The van der Waals surface area contributed by atoms with Crippen molar-refractivity contribution in [1.82, 2.24) is 14.9 Å². The molecule has 9 nitrogen and oxygen atoms in total. The third-order valence-corrected chi connectivity index (χ3v) is 7.59. The van der Waals surface area contributed by atoms with E-state index >= 15 is 4.39 Å². The number of ether oxygens (including phenoxy) is 3. The van der Waals surface area contributed by atoms with Crippen LogP contribution in [0.1, 0.15) is 33.3 Å². The summed E-state index contributed by atoms with van der Waals surface area (Å²) in [5.41, 5.74) is 0.387. The Morgan fingerprint density at radius 1 is 1.21 bits per heavy atom. The quantitative estimate of drug-likeness (QED) is 0.322. The van der Waals surface area contributed by atoms with E-state index in [0.29, 0.717) is 48.9 Å². The number of halogens is 3. The minimum Gasteiger partial charge on any atom is -0.497 e. The van der Waals surface area contributed by atoms with Gasteiger partial charge in [0.25, 0.3) is 0 Å². The molecular weight excluding hydrogens is 593 g/mol. The molecule has 1 fully saturated rings. The number of anilines is 2. The topological polar surface area (TPSA) is 89.1 Å². The lowest BCUT2D eigenvalue weighted by molar-refractivity contribution is 0.0218. The summed E-state index contributed by atoms with van der Waals surface area (Å²) in [6.45, 7) is 9.13. The highest BCUT2D eigenvalue weighted by Gasteiger charge is 2.32. The molecule has 0 saturated carbocycles. The van der Waals surface area contributed by atoms with Crippen LogP contribution in [0.4, 0.5) is 21.0 Å². The Morgan fingerprint density at radius 3 is 2.59 bits per heavy atom. The number of carbonyl (C=O) groups excluding carboxylic acids is 1. The van der Waals surface area contributed by atoms with Gasteiger partial charge in [-0.05, 0) is 61.8 Å². The predicted octanol–water partition coefficient (Wildman–Crippen LogP) is 6.26. The zero-order valence-electron chi connectivity index (χ0n) is 22.8. The molecule has 1 saturated heterocycles. The van der Waals surface area contributed by atoms with E-state index in [4.69, 9.17) is 30.8 Å². The van der Waals surface area contributed by atoms with Gasteiger partial charge >= 0.3 is 6.09 Å². The molecule has 2 heterocycles. The highest BCUT2D eigenvalue weighted by molar-refractivity contribution is 9.10. The molecule has 1 amide bonds. The molecule has 1 N–H and O–H groups in total. The first-order chi connectivity index (χ1) is 18.4. The fourth-order valence-corrected chi connectivity index (χ4v) is 4.89. The summed E-state index contributed by atoms with van der Waals surface area (Å²) in [7, 11) is 3.17.